The number of rotatable bonds is 7. The van der Waals surface area contributed by atoms with Crippen molar-refractivity contribution < 1.29 is 14.3 Å². The summed E-state index contributed by atoms with van der Waals surface area (Å²) in [6.45, 7) is 3.77. The average molecular weight is 374 g/mol. The maximum atomic E-state index is 12.8. The molecule has 1 atom stereocenters. The van der Waals surface area contributed by atoms with Gasteiger partial charge in [0.05, 0.1) is 7.11 Å². The van der Waals surface area contributed by atoms with Crippen molar-refractivity contribution in [3.8, 4) is 0 Å². The molecule has 3 aromatic carbocycles. The number of hydrogen-bond acceptors (Lipinski definition) is 4. The number of benzene rings is 3. The van der Waals surface area contributed by atoms with Gasteiger partial charge >= 0.3 is 5.97 Å². The molecule has 1 amide bonds. The number of fused-ring (bicyclic) bond motifs is 1. The number of carbonyl (C=O) groups is 2. The van der Waals surface area contributed by atoms with Crippen LogP contribution in [-0.2, 0) is 15.1 Å². The summed E-state index contributed by atoms with van der Waals surface area (Å²) < 4.78 is 5.07. The van der Waals surface area contributed by atoms with Crippen LogP contribution >= 0.6 is 0 Å². The van der Waals surface area contributed by atoms with Crippen LogP contribution < -0.4 is 10.9 Å². The third kappa shape index (κ3) is 3.80. The minimum absolute atomic E-state index is 0.229. The quantitative estimate of drug-likeness (QED) is 0.376. The number of carbonyl (C=O) groups excluding carboxylic acids is 2. The monoisotopic (exact) mass is 374 g/mol. The molecule has 0 unspecified atom stereocenters. The van der Waals surface area contributed by atoms with Gasteiger partial charge < -0.3 is 4.74 Å². The maximum absolute atomic E-state index is 12.8. The van der Waals surface area contributed by atoms with Crippen LogP contribution in [0.25, 0.3) is 10.8 Å². The van der Waals surface area contributed by atoms with Crippen LogP contribution in [0.2, 0.25) is 0 Å². The average Bonchev–Trinajstić information content (AvgIpc) is 2.76. The highest BCUT2D eigenvalue weighted by Gasteiger charge is 2.41. The first-order valence-corrected chi connectivity index (χ1v) is 8.92. The van der Waals surface area contributed by atoms with Crippen LogP contribution in [0.15, 0.2) is 85.5 Å². The highest BCUT2D eigenvalue weighted by Crippen LogP contribution is 2.29. The van der Waals surface area contributed by atoms with Gasteiger partial charge in [0.2, 0.25) is 0 Å². The highest BCUT2D eigenvalue weighted by molar-refractivity contribution is 5.94. The first kappa shape index (κ1) is 19.3. The Balaban J connectivity index is 1.99. The lowest BCUT2D eigenvalue weighted by Crippen LogP contribution is -2.57. The van der Waals surface area contributed by atoms with E-state index in [-0.39, 0.29) is 12.3 Å². The van der Waals surface area contributed by atoms with Gasteiger partial charge in [-0.3, -0.25) is 10.2 Å². The standard InChI is InChI=1S/C23H22N2O3/c1-3-15-23(22(27)28-2,25-24-21(26)18-10-5-4-6-11-18)20-14-13-17-9-7-8-12-19(17)16-20/h3-14,16,25H,1,15H2,2H3,(H,24,26)/t23-/m1/s1. The minimum atomic E-state index is -1.30. The van der Waals surface area contributed by atoms with Gasteiger partial charge in [0, 0.05) is 5.56 Å². The molecular weight excluding hydrogens is 352 g/mol. The molecule has 142 valence electrons. The van der Waals surface area contributed by atoms with Crippen molar-refractivity contribution in [1.29, 1.82) is 0 Å². The number of ether oxygens (including phenoxy) is 1. The predicted molar refractivity (Wildman–Crippen MR) is 109 cm³/mol. The summed E-state index contributed by atoms with van der Waals surface area (Å²) in [5.74, 6) is -0.866. The van der Waals surface area contributed by atoms with Crippen LogP contribution in [0.1, 0.15) is 22.3 Å². The molecule has 2 N–H and O–H groups in total. The van der Waals surface area contributed by atoms with E-state index in [1.54, 1.807) is 30.3 Å². The zero-order valence-corrected chi connectivity index (χ0v) is 15.6. The molecule has 0 fully saturated rings. The lowest BCUT2D eigenvalue weighted by atomic mass is 9.86. The van der Waals surface area contributed by atoms with E-state index < -0.39 is 11.5 Å². The molecule has 3 rings (SSSR count). The van der Waals surface area contributed by atoms with E-state index in [2.05, 4.69) is 17.4 Å². The number of esters is 1. The van der Waals surface area contributed by atoms with Crippen molar-refractivity contribution in [2.24, 2.45) is 0 Å². The van der Waals surface area contributed by atoms with E-state index in [0.717, 1.165) is 10.8 Å². The summed E-state index contributed by atoms with van der Waals surface area (Å²) >= 11 is 0. The van der Waals surface area contributed by atoms with Gasteiger partial charge in [-0.2, -0.15) is 0 Å². The molecule has 28 heavy (non-hydrogen) atoms. The fraction of sp³-hybridized carbons (Fsp3) is 0.130. The fourth-order valence-corrected chi connectivity index (χ4v) is 3.16. The summed E-state index contributed by atoms with van der Waals surface area (Å²) in [5, 5.41) is 2.03. The number of amides is 1. The molecule has 0 aliphatic carbocycles. The Morgan fingerprint density at radius 3 is 2.36 bits per heavy atom. The van der Waals surface area contributed by atoms with Gasteiger partial charge in [0.25, 0.3) is 5.91 Å². The summed E-state index contributed by atoms with van der Waals surface area (Å²) in [6, 6.07) is 22.3. The Morgan fingerprint density at radius 1 is 1.00 bits per heavy atom. The second-order valence-electron chi connectivity index (χ2n) is 6.40. The van der Waals surface area contributed by atoms with Gasteiger partial charge in [-0.1, -0.05) is 60.7 Å². The van der Waals surface area contributed by atoms with Gasteiger partial charge in [-0.25, -0.2) is 10.2 Å². The molecule has 5 nitrogen and oxygen atoms in total. The maximum Gasteiger partial charge on any atom is 0.332 e. The molecule has 0 heterocycles. The van der Waals surface area contributed by atoms with Gasteiger partial charge in [-0.15, -0.1) is 6.58 Å². The van der Waals surface area contributed by atoms with Crippen molar-refractivity contribution >= 4 is 22.6 Å². The topological polar surface area (TPSA) is 67.4 Å². The zero-order chi connectivity index (χ0) is 20.0. The second-order valence-corrected chi connectivity index (χ2v) is 6.40. The predicted octanol–water partition coefficient (Wildman–Crippen LogP) is 3.72. The number of hydrazine groups is 1. The van der Waals surface area contributed by atoms with E-state index in [0.29, 0.717) is 11.1 Å². The molecule has 0 aromatic heterocycles. The molecule has 0 saturated heterocycles. The lowest BCUT2D eigenvalue weighted by Gasteiger charge is -2.32. The SMILES string of the molecule is C=CC[C@](NNC(=O)c1ccccc1)(C(=O)OC)c1ccc2ccccc2c1. The largest absolute Gasteiger partial charge is 0.467 e. The summed E-state index contributed by atoms with van der Waals surface area (Å²) in [6.07, 6.45) is 1.85. The van der Waals surface area contributed by atoms with Crippen molar-refractivity contribution in [2.75, 3.05) is 7.11 Å². The number of nitrogens with one attached hydrogen (secondary N) is 2. The van der Waals surface area contributed by atoms with Gasteiger partial charge in [0.15, 0.2) is 5.54 Å². The Morgan fingerprint density at radius 2 is 1.68 bits per heavy atom. The Labute approximate surface area is 164 Å². The molecule has 0 spiro atoms. The first-order valence-electron chi connectivity index (χ1n) is 8.92. The van der Waals surface area contributed by atoms with Crippen LogP contribution in [0.4, 0.5) is 0 Å². The van der Waals surface area contributed by atoms with E-state index >= 15 is 0 Å². The minimum Gasteiger partial charge on any atom is -0.467 e. The van der Waals surface area contributed by atoms with Gasteiger partial charge in [-0.05, 0) is 41.0 Å². The van der Waals surface area contributed by atoms with Crippen molar-refractivity contribution in [1.82, 2.24) is 10.9 Å². The van der Waals surface area contributed by atoms with Crippen molar-refractivity contribution in [2.45, 2.75) is 12.0 Å². The first-order chi connectivity index (χ1) is 13.6. The van der Waals surface area contributed by atoms with Crippen LogP contribution in [0.5, 0.6) is 0 Å². The van der Waals surface area contributed by atoms with Crippen LogP contribution in [-0.4, -0.2) is 19.0 Å². The smallest absolute Gasteiger partial charge is 0.332 e. The Hall–Kier alpha value is -3.44. The van der Waals surface area contributed by atoms with Crippen molar-refractivity contribution in [3.63, 3.8) is 0 Å². The molecular formula is C23H22N2O3. The Kier molecular flexibility index (Phi) is 5.87. The highest BCUT2D eigenvalue weighted by atomic mass is 16.5. The third-order valence-corrected chi connectivity index (χ3v) is 4.65. The van der Waals surface area contributed by atoms with E-state index in [9.17, 15) is 9.59 Å². The van der Waals surface area contributed by atoms with Crippen molar-refractivity contribution in [3.05, 3.63) is 96.6 Å². The number of methoxy groups -OCH3 is 1. The van der Waals surface area contributed by atoms with Crippen LogP contribution in [0, 0.1) is 0 Å². The lowest BCUT2D eigenvalue weighted by molar-refractivity contribution is -0.149. The normalized spacial score (nSPS) is 12.8. The molecule has 0 radical (unpaired) electrons. The molecule has 0 aliphatic rings. The summed E-state index contributed by atoms with van der Waals surface area (Å²) in [5.41, 5.74) is 5.42. The molecule has 0 aliphatic heterocycles. The fourth-order valence-electron chi connectivity index (χ4n) is 3.16. The summed E-state index contributed by atoms with van der Waals surface area (Å²) in [4.78, 5) is 25.3. The van der Waals surface area contributed by atoms with Crippen LogP contribution in [0.3, 0.4) is 0 Å². The van der Waals surface area contributed by atoms with E-state index in [4.69, 9.17) is 4.74 Å². The molecule has 0 bridgehead atoms. The zero-order valence-electron chi connectivity index (χ0n) is 15.6. The summed E-state index contributed by atoms with van der Waals surface area (Å²) in [7, 11) is 1.32. The van der Waals surface area contributed by atoms with E-state index in [1.165, 1.54) is 7.11 Å². The molecule has 5 heteroatoms. The van der Waals surface area contributed by atoms with E-state index in [1.807, 2.05) is 48.5 Å². The molecule has 3 aromatic rings. The second kappa shape index (κ2) is 8.50. The van der Waals surface area contributed by atoms with Gasteiger partial charge in [0.1, 0.15) is 0 Å². The molecule has 0 saturated carbocycles. The Bertz CT molecular complexity index is 1000. The third-order valence-electron chi connectivity index (χ3n) is 4.65. The number of hydrogen-bond donors (Lipinski definition) is 2.